The molecule has 33 heavy (non-hydrogen) atoms. The molecule has 0 unspecified atom stereocenters. The van der Waals surface area contributed by atoms with Gasteiger partial charge in [0, 0.05) is 18.3 Å². The predicted molar refractivity (Wildman–Crippen MR) is 131 cm³/mol. The van der Waals surface area contributed by atoms with E-state index < -0.39 is 0 Å². The molecule has 0 fully saturated rings. The van der Waals surface area contributed by atoms with Gasteiger partial charge in [-0.2, -0.15) is 0 Å². The number of hydrogen-bond donors (Lipinski definition) is 1. The molecule has 3 aromatic rings. The molecule has 174 valence electrons. The van der Waals surface area contributed by atoms with Crippen molar-refractivity contribution in [3.63, 3.8) is 0 Å². The van der Waals surface area contributed by atoms with Gasteiger partial charge in [0.05, 0.1) is 6.54 Å². The minimum atomic E-state index is -0.284. The van der Waals surface area contributed by atoms with Crippen molar-refractivity contribution in [1.29, 1.82) is 0 Å². The van der Waals surface area contributed by atoms with E-state index in [1.807, 2.05) is 94.4 Å². The average Bonchev–Trinajstić information content (AvgIpc) is 3.22. The SMILES string of the molecule is CCc1ccccc1NC(=O)N(CC(=O)N(Cc1ccccc1)Cc1ccc(C)o1)C(C)C. The van der Waals surface area contributed by atoms with Gasteiger partial charge >= 0.3 is 6.03 Å². The number of para-hydroxylation sites is 1. The van der Waals surface area contributed by atoms with Crippen molar-refractivity contribution in [1.82, 2.24) is 9.80 Å². The zero-order valence-electron chi connectivity index (χ0n) is 19.9. The maximum atomic E-state index is 13.4. The number of furan rings is 1. The first-order valence-corrected chi connectivity index (χ1v) is 11.4. The molecular formula is C27H33N3O3. The first-order chi connectivity index (χ1) is 15.9. The molecule has 3 rings (SSSR count). The van der Waals surface area contributed by atoms with E-state index >= 15 is 0 Å². The van der Waals surface area contributed by atoms with Crippen LogP contribution in [0.4, 0.5) is 10.5 Å². The van der Waals surface area contributed by atoms with Crippen LogP contribution in [0.25, 0.3) is 0 Å². The highest BCUT2D eigenvalue weighted by Gasteiger charge is 2.25. The van der Waals surface area contributed by atoms with Crippen LogP contribution in [0.2, 0.25) is 0 Å². The Labute approximate surface area is 196 Å². The van der Waals surface area contributed by atoms with Crippen LogP contribution in [-0.4, -0.2) is 34.3 Å². The molecule has 0 spiro atoms. The van der Waals surface area contributed by atoms with E-state index in [0.717, 1.165) is 29.0 Å². The van der Waals surface area contributed by atoms with Gasteiger partial charge in [-0.05, 0) is 56.5 Å². The van der Waals surface area contributed by atoms with Crippen molar-refractivity contribution < 1.29 is 14.0 Å². The molecule has 1 N–H and O–H groups in total. The third-order valence-electron chi connectivity index (χ3n) is 5.54. The largest absolute Gasteiger partial charge is 0.464 e. The smallest absolute Gasteiger partial charge is 0.322 e. The molecule has 0 radical (unpaired) electrons. The Bertz CT molecular complexity index is 1060. The van der Waals surface area contributed by atoms with Gasteiger partial charge in [-0.3, -0.25) is 4.79 Å². The standard InChI is InChI=1S/C27H33N3O3/c1-5-23-13-9-10-14-25(23)28-27(32)30(20(2)3)19-26(31)29(17-22-11-7-6-8-12-22)18-24-16-15-21(4)33-24/h6-16,20H,5,17-19H2,1-4H3,(H,28,32). The lowest BCUT2D eigenvalue weighted by atomic mass is 10.1. The lowest BCUT2D eigenvalue weighted by Crippen LogP contribution is -2.47. The molecule has 0 bridgehead atoms. The summed E-state index contributed by atoms with van der Waals surface area (Å²) in [6.07, 6.45) is 0.810. The van der Waals surface area contributed by atoms with E-state index in [1.165, 1.54) is 0 Å². The van der Waals surface area contributed by atoms with Crippen LogP contribution < -0.4 is 5.32 Å². The number of hydrogen-bond acceptors (Lipinski definition) is 3. The summed E-state index contributed by atoms with van der Waals surface area (Å²) >= 11 is 0. The number of urea groups is 1. The normalized spacial score (nSPS) is 10.8. The predicted octanol–water partition coefficient (Wildman–Crippen LogP) is 5.62. The number of anilines is 1. The van der Waals surface area contributed by atoms with E-state index in [9.17, 15) is 9.59 Å². The Morgan fingerprint density at radius 2 is 1.64 bits per heavy atom. The summed E-state index contributed by atoms with van der Waals surface area (Å²) in [5.41, 5.74) is 2.85. The fourth-order valence-corrected chi connectivity index (χ4v) is 3.67. The number of carbonyl (C=O) groups excluding carboxylic acids is 2. The van der Waals surface area contributed by atoms with Crippen molar-refractivity contribution in [2.24, 2.45) is 0 Å². The van der Waals surface area contributed by atoms with Crippen LogP contribution in [0.5, 0.6) is 0 Å². The van der Waals surface area contributed by atoms with Crippen molar-refractivity contribution in [2.75, 3.05) is 11.9 Å². The Hall–Kier alpha value is -3.54. The summed E-state index contributed by atoms with van der Waals surface area (Å²) < 4.78 is 5.72. The molecule has 0 aliphatic heterocycles. The van der Waals surface area contributed by atoms with Crippen molar-refractivity contribution in [3.05, 3.63) is 89.4 Å². The molecule has 3 amide bonds. The van der Waals surface area contributed by atoms with Gasteiger partial charge in [0.2, 0.25) is 5.91 Å². The Morgan fingerprint density at radius 1 is 0.939 bits per heavy atom. The summed E-state index contributed by atoms with van der Waals surface area (Å²) in [6, 6.07) is 20.9. The van der Waals surface area contributed by atoms with Crippen LogP contribution in [0.1, 0.15) is 43.4 Å². The van der Waals surface area contributed by atoms with Gasteiger partial charge in [-0.1, -0.05) is 55.5 Å². The highest BCUT2D eigenvalue weighted by molar-refractivity contribution is 5.93. The monoisotopic (exact) mass is 447 g/mol. The summed E-state index contributed by atoms with van der Waals surface area (Å²) in [4.78, 5) is 29.8. The molecule has 6 heteroatoms. The number of nitrogens with one attached hydrogen (secondary N) is 1. The molecule has 0 saturated heterocycles. The highest BCUT2D eigenvalue weighted by atomic mass is 16.3. The lowest BCUT2D eigenvalue weighted by molar-refractivity contribution is -0.133. The fourth-order valence-electron chi connectivity index (χ4n) is 3.67. The minimum absolute atomic E-state index is 0.0235. The number of benzene rings is 2. The molecule has 1 heterocycles. The molecule has 0 aliphatic rings. The first-order valence-electron chi connectivity index (χ1n) is 11.4. The molecule has 2 aromatic carbocycles. The Balaban J connectivity index is 1.77. The topological polar surface area (TPSA) is 65.8 Å². The molecule has 0 saturated carbocycles. The molecule has 1 aromatic heterocycles. The van der Waals surface area contributed by atoms with E-state index in [4.69, 9.17) is 4.42 Å². The number of carbonyl (C=O) groups is 2. The average molecular weight is 448 g/mol. The van der Waals surface area contributed by atoms with Crippen LogP contribution >= 0.6 is 0 Å². The molecular weight excluding hydrogens is 414 g/mol. The zero-order valence-corrected chi connectivity index (χ0v) is 19.9. The quantitative estimate of drug-likeness (QED) is 0.463. The zero-order chi connectivity index (χ0) is 23.8. The van der Waals surface area contributed by atoms with E-state index in [-0.39, 0.29) is 24.5 Å². The van der Waals surface area contributed by atoms with Gasteiger partial charge in [0.1, 0.15) is 18.1 Å². The number of nitrogens with zero attached hydrogens (tertiary/aromatic N) is 2. The summed E-state index contributed by atoms with van der Waals surface area (Å²) in [6.45, 7) is 8.51. The van der Waals surface area contributed by atoms with Crippen LogP contribution in [0.15, 0.2) is 71.1 Å². The van der Waals surface area contributed by atoms with E-state index in [1.54, 1.807) is 9.80 Å². The summed E-state index contributed by atoms with van der Waals surface area (Å²) in [5.74, 6) is 1.38. The van der Waals surface area contributed by atoms with Gasteiger partial charge in [0.15, 0.2) is 0 Å². The van der Waals surface area contributed by atoms with Gasteiger partial charge < -0.3 is 19.5 Å². The van der Waals surface area contributed by atoms with Crippen molar-refractivity contribution in [3.8, 4) is 0 Å². The molecule has 6 nitrogen and oxygen atoms in total. The van der Waals surface area contributed by atoms with Gasteiger partial charge in [-0.15, -0.1) is 0 Å². The van der Waals surface area contributed by atoms with Crippen LogP contribution in [0.3, 0.4) is 0 Å². The van der Waals surface area contributed by atoms with Crippen molar-refractivity contribution in [2.45, 2.75) is 53.2 Å². The van der Waals surface area contributed by atoms with E-state index in [0.29, 0.717) is 18.8 Å². The number of rotatable bonds is 9. The summed E-state index contributed by atoms with van der Waals surface area (Å²) in [7, 11) is 0. The fraction of sp³-hybridized carbons (Fsp3) is 0.333. The van der Waals surface area contributed by atoms with Crippen LogP contribution in [-0.2, 0) is 24.3 Å². The van der Waals surface area contributed by atoms with Crippen molar-refractivity contribution >= 4 is 17.6 Å². The highest BCUT2D eigenvalue weighted by Crippen LogP contribution is 2.18. The first kappa shape index (κ1) is 24.1. The summed E-state index contributed by atoms with van der Waals surface area (Å²) in [5, 5.41) is 2.99. The van der Waals surface area contributed by atoms with E-state index in [2.05, 4.69) is 5.32 Å². The Morgan fingerprint density at radius 3 is 2.27 bits per heavy atom. The maximum Gasteiger partial charge on any atom is 0.322 e. The van der Waals surface area contributed by atoms with Gasteiger partial charge in [0.25, 0.3) is 0 Å². The molecule has 0 aliphatic carbocycles. The number of aryl methyl sites for hydroxylation is 2. The second-order valence-electron chi connectivity index (χ2n) is 8.41. The minimum Gasteiger partial charge on any atom is -0.464 e. The lowest BCUT2D eigenvalue weighted by Gasteiger charge is -2.30. The maximum absolute atomic E-state index is 13.4. The third kappa shape index (κ3) is 6.72. The molecule has 0 atom stereocenters. The van der Waals surface area contributed by atoms with Gasteiger partial charge in [-0.25, -0.2) is 4.79 Å². The second kappa shape index (κ2) is 11.4. The Kier molecular flexibility index (Phi) is 8.30. The number of amides is 3. The van der Waals surface area contributed by atoms with Crippen LogP contribution in [0, 0.1) is 6.92 Å². The second-order valence-corrected chi connectivity index (χ2v) is 8.41. The third-order valence-corrected chi connectivity index (χ3v) is 5.54.